The number of carboxylic acid groups (broad SMARTS) is 1. The number of nitrogens with zero attached hydrogens (tertiary/aromatic N) is 1. The van der Waals surface area contributed by atoms with Crippen LogP contribution in [-0.2, 0) is 9.36 Å². The van der Waals surface area contributed by atoms with Crippen LogP contribution in [-0.4, -0.2) is 44.1 Å². The molecule has 1 aromatic heterocycles. The average Bonchev–Trinajstić information content (AvgIpc) is 3.32. The second kappa shape index (κ2) is 10.3. The SMILES string of the molecule is CC(C)c1nc(-c2ccc3c(c2)OCO3)cc(-c2ccc(F)cc2)c1C#CC(C(=O)O)(C(C)O)[PH](=O)O. The standard InChI is InChI=1S/C27H25FNO7P/c1-15(2)25-20(10-11-27(16(3)30,26(31)32)37(33)34)21(17-4-7-19(28)8-5-17)13-22(29-25)18-6-9-23-24(12-18)36-14-35-23/h4-9,12-13,15-16,30,37H,14H2,1-3H3,(H,31,32)(H,33,34). The Kier molecular flexibility index (Phi) is 7.37. The van der Waals surface area contributed by atoms with Crippen LogP contribution in [0.1, 0.15) is 37.9 Å². The van der Waals surface area contributed by atoms with Crippen molar-refractivity contribution in [3.63, 3.8) is 0 Å². The number of carbonyl (C=O) groups is 1. The van der Waals surface area contributed by atoms with Crippen LogP contribution in [0, 0.1) is 17.7 Å². The first-order valence-electron chi connectivity index (χ1n) is 11.4. The Labute approximate surface area is 213 Å². The number of aliphatic hydroxyl groups excluding tert-OH is 1. The zero-order chi connectivity index (χ0) is 26.9. The summed E-state index contributed by atoms with van der Waals surface area (Å²) >= 11 is 0. The lowest BCUT2D eigenvalue weighted by atomic mass is 9.92. The van der Waals surface area contributed by atoms with Crippen LogP contribution in [0.5, 0.6) is 11.5 Å². The van der Waals surface area contributed by atoms with E-state index in [1.54, 1.807) is 30.3 Å². The van der Waals surface area contributed by atoms with Crippen LogP contribution in [0.3, 0.4) is 0 Å². The van der Waals surface area contributed by atoms with Crippen molar-refractivity contribution in [1.82, 2.24) is 4.98 Å². The van der Waals surface area contributed by atoms with Gasteiger partial charge in [0.1, 0.15) is 5.82 Å². The van der Waals surface area contributed by atoms with E-state index in [2.05, 4.69) is 11.8 Å². The number of rotatable bonds is 6. The van der Waals surface area contributed by atoms with Gasteiger partial charge in [-0.15, -0.1) is 0 Å². The van der Waals surface area contributed by atoms with Crippen LogP contribution in [0.15, 0.2) is 48.5 Å². The number of pyridine rings is 1. The monoisotopic (exact) mass is 525 g/mol. The number of halogens is 1. The molecule has 0 bridgehead atoms. The Hall–Kier alpha value is -3.70. The lowest BCUT2D eigenvalue weighted by molar-refractivity contribution is -0.141. The third-order valence-electron chi connectivity index (χ3n) is 6.10. The molecular formula is C27H25FNO7P. The summed E-state index contributed by atoms with van der Waals surface area (Å²) in [6.45, 7) is 4.97. The largest absolute Gasteiger partial charge is 0.480 e. The molecule has 0 spiro atoms. The van der Waals surface area contributed by atoms with Crippen LogP contribution in [0.4, 0.5) is 4.39 Å². The van der Waals surface area contributed by atoms with Gasteiger partial charge in [-0.25, -0.2) is 9.18 Å². The van der Waals surface area contributed by atoms with Gasteiger partial charge in [0.05, 0.1) is 23.1 Å². The molecule has 0 saturated carbocycles. The van der Waals surface area contributed by atoms with Gasteiger partial charge in [0.25, 0.3) is 0 Å². The molecule has 0 saturated heterocycles. The summed E-state index contributed by atoms with van der Waals surface area (Å²) in [5.41, 5.74) is 3.17. The minimum atomic E-state index is -3.84. The van der Waals surface area contributed by atoms with Gasteiger partial charge in [-0.1, -0.05) is 37.8 Å². The van der Waals surface area contributed by atoms with E-state index in [0.29, 0.717) is 39.6 Å². The lowest BCUT2D eigenvalue weighted by Crippen LogP contribution is -2.43. The molecule has 0 radical (unpaired) electrons. The van der Waals surface area contributed by atoms with Crippen molar-refractivity contribution < 1.29 is 38.3 Å². The second-order valence-corrected chi connectivity index (χ2v) is 10.3. The number of aliphatic hydroxyl groups is 1. The highest BCUT2D eigenvalue weighted by Gasteiger charge is 2.48. The van der Waals surface area contributed by atoms with E-state index in [1.165, 1.54) is 12.1 Å². The van der Waals surface area contributed by atoms with Gasteiger partial charge in [-0.3, -0.25) is 9.55 Å². The Bertz CT molecular complexity index is 1430. The summed E-state index contributed by atoms with van der Waals surface area (Å²) in [5.74, 6) is 3.97. The third kappa shape index (κ3) is 4.96. The number of carboxylic acids is 1. The first-order chi connectivity index (χ1) is 17.5. The van der Waals surface area contributed by atoms with Crippen molar-refractivity contribution in [1.29, 1.82) is 0 Å². The van der Waals surface area contributed by atoms with Gasteiger partial charge in [0, 0.05) is 11.1 Å². The molecule has 1 aliphatic heterocycles. The Morgan fingerprint density at radius 2 is 1.73 bits per heavy atom. The van der Waals surface area contributed by atoms with Crippen molar-refractivity contribution >= 4 is 14.0 Å². The fourth-order valence-corrected chi connectivity index (χ4v) is 4.71. The Balaban J connectivity index is 2.01. The van der Waals surface area contributed by atoms with Gasteiger partial charge in [0.15, 0.2) is 11.5 Å². The van der Waals surface area contributed by atoms with E-state index in [9.17, 15) is 28.9 Å². The summed E-state index contributed by atoms with van der Waals surface area (Å²) in [4.78, 5) is 26.7. The highest BCUT2D eigenvalue weighted by Crippen LogP contribution is 2.40. The lowest BCUT2D eigenvalue weighted by Gasteiger charge is -2.23. The smallest absolute Gasteiger partial charge is 0.334 e. The van der Waals surface area contributed by atoms with Crippen LogP contribution in [0.2, 0.25) is 0 Å². The topological polar surface area (TPSA) is 126 Å². The van der Waals surface area contributed by atoms with Crippen molar-refractivity contribution in [2.24, 2.45) is 0 Å². The summed E-state index contributed by atoms with van der Waals surface area (Å²) < 4.78 is 36.7. The Morgan fingerprint density at radius 1 is 1.08 bits per heavy atom. The van der Waals surface area contributed by atoms with Crippen molar-refractivity contribution in [3.05, 3.63) is 65.6 Å². The molecule has 4 rings (SSSR count). The summed E-state index contributed by atoms with van der Waals surface area (Å²) in [5, 5.41) is 17.3. The first-order valence-corrected chi connectivity index (χ1v) is 12.8. The van der Waals surface area contributed by atoms with Crippen molar-refractivity contribution in [2.75, 3.05) is 6.79 Å². The maximum Gasteiger partial charge on any atom is 0.334 e. The number of benzene rings is 2. The summed E-state index contributed by atoms with van der Waals surface area (Å²) in [6.07, 6.45) is -1.73. The molecule has 10 heteroatoms. The van der Waals surface area contributed by atoms with Gasteiger partial charge in [-0.05, 0) is 54.8 Å². The van der Waals surface area contributed by atoms with Gasteiger partial charge in [-0.2, -0.15) is 0 Å². The normalized spacial score (nSPS) is 15.4. The molecular weight excluding hydrogens is 500 g/mol. The average molecular weight is 525 g/mol. The zero-order valence-corrected chi connectivity index (χ0v) is 21.3. The zero-order valence-electron chi connectivity index (χ0n) is 20.3. The second-order valence-electron chi connectivity index (χ2n) is 8.89. The molecule has 0 amide bonds. The molecule has 0 fully saturated rings. The van der Waals surface area contributed by atoms with Crippen molar-refractivity contribution in [3.8, 4) is 45.7 Å². The molecule has 2 aromatic carbocycles. The van der Waals surface area contributed by atoms with E-state index >= 15 is 0 Å². The van der Waals surface area contributed by atoms with Crippen LogP contribution in [0.25, 0.3) is 22.4 Å². The van der Waals surface area contributed by atoms with Crippen LogP contribution >= 0.6 is 8.03 Å². The van der Waals surface area contributed by atoms with Gasteiger partial charge < -0.3 is 24.6 Å². The predicted octanol–water partition coefficient (Wildman–Crippen LogP) is 4.43. The number of ether oxygens (including phenoxy) is 2. The van der Waals surface area contributed by atoms with E-state index in [4.69, 9.17) is 14.5 Å². The van der Waals surface area contributed by atoms with E-state index in [0.717, 1.165) is 12.5 Å². The highest BCUT2D eigenvalue weighted by molar-refractivity contribution is 7.42. The fraction of sp³-hybridized carbons (Fsp3) is 0.259. The molecule has 0 aliphatic carbocycles. The molecule has 192 valence electrons. The minimum Gasteiger partial charge on any atom is -0.480 e. The van der Waals surface area contributed by atoms with Gasteiger partial charge >= 0.3 is 5.97 Å². The quantitative estimate of drug-likeness (QED) is 0.319. The number of fused-ring (bicyclic) bond motifs is 1. The summed E-state index contributed by atoms with van der Waals surface area (Å²) in [7, 11) is -3.84. The van der Waals surface area contributed by atoms with Gasteiger partial charge in [0.2, 0.25) is 20.0 Å². The van der Waals surface area contributed by atoms with E-state index in [-0.39, 0.29) is 12.7 Å². The number of hydrogen-bond donors (Lipinski definition) is 3. The maximum atomic E-state index is 13.7. The third-order valence-corrected chi connectivity index (χ3v) is 7.54. The van der Waals surface area contributed by atoms with E-state index < -0.39 is 31.1 Å². The fourth-order valence-electron chi connectivity index (χ4n) is 4.00. The maximum absolute atomic E-state index is 13.7. The molecule has 2 heterocycles. The molecule has 8 nitrogen and oxygen atoms in total. The summed E-state index contributed by atoms with van der Waals surface area (Å²) in [6, 6.07) is 12.8. The molecule has 3 N–H and O–H groups in total. The predicted molar refractivity (Wildman–Crippen MR) is 135 cm³/mol. The first kappa shape index (κ1) is 26.4. The number of aromatic nitrogens is 1. The highest BCUT2D eigenvalue weighted by atomic mass is 31.1. The molecule has 3 unspecified atom stereocenters. The number of aliphatic carboxylic acids is 1. The molecule has 1 aliphatic rings. The Morgan fingerprint density at radius 3 is 2.32 bits per heavy atom. The molecule has 3 atom stereocenters. The van der Waals surface area contributed by atoms with Crippen molar-refractivity contribution in [2.45, 2.75) is 37.9 Å². The van der Waals surface area contributed by atoms with Crippen LogP contribution < -0.4 is 9.47 Å². The number of hydrogen-bond acceptors (Lipinski definition) is 6. The van der Waals surface area contributed by atoms with E-state index in [1.807, 2.05) is 19.9 Å². The molecule has 37 heavy (non-hydrogen) atoms. The molecule has 3 aromatic rings. The minimum absolute atomic E-state index is 0.113.